The van der Waals surface area contributed by atoms with E-state index in [4.69, 9.17) is 20.1 Å². The highest BCUT2D eigenvalue weighted by molar-refractivity contribution is 7.95. The normalized spacial score (nSPS) is 9.92. The Morgan fingerprint density at radius 2 is 1.79 bits per heavy atom. The van der Waals surface area contributed by atoms with Crippen LogP contribution in [0.4, 0.5) is 4.79 Å². The minimum Gasteiger partial charge on any atom is -0.410 e. The first-order valence-electron chi connectivity index (χ1n) is 7.65. The van der Waals surface area contributed by atoms with Crippen LogP contribution in [-0.2, 0) is 10.9 Å². The predicted molar refractivity (Wildman–Crippen MR) is 97.3 cm³/mol. The second-order valence-electron chi connectivity index (χ2n) is 5.45. The number of aryl methyl sites for hydroxylation is 2. The highest BCUT2D eigenvalue weighted by Crippen LogP contribution is 2.26. The van der Waals surface area contributed by atoms with E-state index in [-0.39, 0.29) is 17.0 Å². The zero-order valence-electron chi connectivity index (χ0n) is 14.9. The van der Waals surface area contributed by atoms with E-state index in [2.05, 4.69) is 37.7 Å². The molecule has 0 aromatic heterocycles. The molecule has 7 nitrogen and oxygen atoms in total. The van der Waals surface area contributed by atoms with Crippen molar-refractivity contribution in [2.45, 2.75) is 44.9 Å². The molecule has 8 heteroatoms. The summed E-state index contributed by atoms with van der Waals surface area (Å²) in [5.74, 6) is 0.657. The van der Waals surface area contributed by atoms with E-state index in [0.717, 1.165) is 24.8 Å². The van der Waals surface area contributed by atoms with E-state index in [0.29, 0.717) is 12.3 Å². The number of hydrogen-bond acceptors (Lipinski definition) is 5. The van der Waals surface area contributed by atoms with E-state index in [1.807, 2.05) is 13.0 Å². The Labute approximate surface area is 145 Å². The second kappa shape index (κ2) is 11.6. The molecule has 0 aliphatic rings. The van der Waals surface area contributed by atoms with Crippen LogP contribution >= 0.6 is 0 Å². The minimum atomic E-state index is -1.75. The van der Waals surface area contributed by atoms with E-state index in [9.17, 15) is 4.79 Å². The molecule has 0 radical (unpaired) electrons. The van der Waals surface area contributed by atoms with Crippen LogP contribution < -0.4 is 10.1 Å². The third-order valence-electron chi connectivity index (χ3n) is 3.16. The summed E-state index contributed by atoms with van der Waals surface area (Å²) in [6.07, 6.45) is 7.31. The molecule has 0 saturated carbocycles. The molecule has 0 atom stereocenters. The van der Waals surface area contributed by atoms with Gasteiger partial charge >= 0.3 is 6.09 Å². The summed E-state index contributed by atoms with van der Waals surface area (Å²) >= 11 is 0. The van der Waals surface area contributed by atoms with Crippen LogP contribution in [0.1, 0.15) is 37.3 Å². The first-order chi connectivity index (χ1) is 11.2. The fourth-order valence-electron chi connectivity index (χ4n) is 2.01. The van der Waals surface area contributed by atoms with Crippen molar-refractivity contribution in [2.75, 3.05) is 19.1 Å². The Bertz CT molecular complexity index is 546. The molecule has 1 aromatic carbocycles. The van der Waals surface area contributed by atoms with Gasteiger partial charge in [0.2, 0.25) is 0 Å². The number of hydrogen-bond donors (Lipinski definition) is 1. The summed E-state index contributed by atoms with van der Waals surface area (Å²) in [7, 11) is 0.215. The van der Waals surface area contributed by atoms with E-state index >= 15 is 0 Å². The van der Waals surface area contributed by atoms with Crippen LogP contribution in [-0.4, -0.2) is 30.2 Å². The number of amides is 1. The Balaban J connectivity index is 0.00000118. The van der Waals surface area contributed by atoms with E-state index in [1.165, 1.54) is 10.5 Å². The van der Waals surface area contributed by atoms with Crippen molar-refractivity contribution in [1.82, 2.24) is 5.32 Å². The van der Waals surface area contributed by atoms with Gasteiger partial charge in [-0.1, -0.05) is 19.8 Å². The van der Waals surface area contributed by atoms with Crippen molar-refractivity contribution < 1.29 is 14.6 Å². The molecule has 1 amide bonds. The topological polar surface area (TPSA) is 105 Å². The Morgan fingerprint density at radius 3 is 2.29 bits per heavy atom. The number of ether oxygens (including phenoxy) is 1. The van der Waals surface area contributed by atoms with Crippen LogP contribution in [0.15, 0.2) is 17.0 Å². The molecule has 1 rings (SSSR count). The van der Waals surface area contributed by atoms with Crippen LogP contribution in [0.2, 0.25) is 0 Å². The van der Waals surface area contributed by atoms with Gasteiger partial charge in [0.05, 0.1) is 5.09 Å². The Hall–Kier alpha value is -1.96. The molecule has 0 aliphatic carbocycles. The lowest BCUT2D eigenvalue weighted by Crippen LogP contribution is -2.28. The monoisotopic (exact) mass is 358 g/mol. The van der Waals surface area contributed by atoms with Crippen molar-refractivity contribution in [3.05, 3.63) is 38.6 Å². The summed E-state index contributed by atoms with van der Waals surface area (Å²) in [5.41, 5.74) is 2.19. The van der Waals surface area contributed by atoms with Gasteiger partial charge in [0.15, 0.2) is 4.90 Å². The zero-order valence-corrected chi connectivity index (χ0v) is 15.7. The van der Waals surface area contributed by atoms with E-state index in [1.54, 1.807) is 0 Å². The van der Waals surface area contributed by atoms with Gasteiger partial charge in [-0.2, -0.15) is 0 Å². The van der Waals surface area contributed by atoms with Crippen LogP contribution in [0.25, 0.3) is 0 Å². The van der Waals surface area contributed by atoms with Crippen LogP contribution in [0, 0.1) is 29.2 Å². The first kappa shape index (κ1) is 22.0. The van der Waals surface area contributed by atoms with Gasteiger partial charge in [-0.05, 0) is 31.9 Å². The molecular weight excluding hydrogens is 332 g/mol. The fraction of sp³-hybridized carbons (Fsp3) is 0.562. The second-order valence-corrected chi connectivity index (χ2v) is 7.52. The SMILES string of the molecule is CCCCCNC(=O)Oc1cc(C)c([S+](C)C)cc1C.O=[N+]([O-])[O-]. The maximum atomic E-state index is 11.7. The minimum absolute atomic E-state index is 0.215. The molecule has 1 N–H and O–H groups in total. The standard InChI is InChI=1S/C16H25NO2S.NO3/c1-6-7-8-9-17-16(18)19-14-10-13(3)15(20(4)5)11-12(14)2;2-1(3)4/h10-11H,6-9H2,1-5H3;/q;-1/p+1. The van der Waals surface area contributed by atoms with Crippen molar-refractivity contribution in [1.29, 1.82) is 0 Å². The number of nitrogens with one attached hydrogen (secondary N) is 1. The van der Waals surface area contributed by atoms with E-state index < -0.39 is 5.09 Å². The molecule has 0 heterocycles. The molecule has 24 heavy (non-hydrogen) atoms. The highest BCUT2D eigenvalue weighted by Gasteiger charge is 2.16. The molecule has 0 fully saturated rings. The summed E-state index contributed by atoms with van der Waals surface area (Å²) in [6.45, 7) is 6.86. The van der Waals surface area contributed by atoms with Gasteiger partial charge in [-0.3, -0.25) is 0 Å². The van der Waals surface area contributed by atoms with Crippen molar-refractivity contribution in [3.63, 3.8) is 0 Å². The quantitative estimate of drug-likeness (QED) is 0.362. The molecule has 0 unspecified atom stereocenters. The summed E-state index contributed by atoms with van der Waals surface area (Å²) in [4.78, 5) is 21.3. The lowest BCUT2D eigenvalue weighted by Gasteiger charge is -2.11. The van der Waals surface area contributed by atoms with Crippen LogP contribution in [0.5, 0.6) is 5.75 Å². The highest BCUT2D eigenvalue weighted by atomic mass is 32.2. The molecule has 0 aliphatic heterocycles. The summed E-state index contributed by atoms with van der Waals surface area (Å²) in [5, 5.41) is 17.5. The van der Waals surface area contributed by atoms with Gasteiger partial charge in [-0.15, -0.1) is 0 Å². The third kappa shape index (κ3) is 9.24. The zero-order chi connectivity index (χ0) is 18.7. The van der Waals surface area contributed by atoms with Gasteiger partial charge < -0.3 is 25.4 Å². The number of carbonyl (C=O) groups is 1. The molecule has 136 valence electrons. The Kier molecular flexibility index (Phi) is 10.6. The number of rotatable bonds is 6. The van der Waals surface area contributed by atoms with Crippen LogP contribution in [0.3, 0.4) is 0 Å². The fourth-order valence-corrected chi connectivity index (χ4v) is 3.13. The van der Waals surface area contributed by atoms with Gasteiger partial charge in [0, 0.05) is 29.1 Å². The summed E-state index contributed by atoms with van der Waals surface area (Å²) in [6, 6.07) is 4.08. The molecule has 0 spiro atoms. The van der Waals surface area contributed by atoms with Crippen molar-refractivity contribution in [3.8, 4) is 5.75 Å². The number of unbranched alkanes of at least 4 members (excludes halogenated alkanes) is 2. The lowest BCUT2D eigenvalue weighted by molar-refractivity contribution is -0.402. The maximum absolute atomic E-state index is 11.7. The largest absolute Gasteiger partial charge is 0.412 e. The lowest BCUT2D eigenvalue weighted by atomic mass is 10.1. The molecule has 0 bridgehead atoms. The van der Waals surface area contributed by atoms with Gasteiger partial charge in [-0.25, -0.2) is 4.79 Å². The van der Waals surface area contributed by atoms with Crippen molar-refractivity contribution in [2.24, 2.45) is 0 Å². The molecule has 1 aromatic rings. The van der Waals surface area contributed by atoms with Gasteiger partial charge in [0.25, 0.3) is 0 Å². The average molecular weight is 358 g/mol. The molecular formula is C16H26N2O5S. The number of carbonyl (C=O) groups excluding carboxylic acids is 1. The predicted octanol–water partition coefficient (Wildman–Crippen LogP) is 3.58. The third-order valence-corrected chi connectivity index (χ3v) is 4.48. The number of nitrogens with zero attached hydrogens (tertiary/aromatic N) is 1. The van der Waals surface area contributed by atoms with Crippen molar-refractivity contribution >= 4 is 17.0 Å². The maximum Gasteiger partial charge on any atom is 0.412 e. The molecule has 0 saturated heterocycles. The smallest absolute Gasteiger partial charge is 0.410 e. The first-order valence-corrected chi connectivity index (χ1v) is 9.69. The van der Waals surface area contributed by atoms with Gasteiger partial charge in [0.1, 0.15) is 18.3 Å². The average Bonchev–Trinajstić information content (AvgIpc) is 2.46. The number of benzene rings is 1. The Morgan fingerprint density at radius 1 is 1.21 bits per heavy atom. The summed E-state index contributed by atoms with van der Waals surface area (Å²) < 4.78 is 5.39.